The van der Waals surface area contributed by atoms with Crippen molar-refractivity contribution in [1.82, 2.24) is 9.78 Å². The zero-order valence-corrected chi connectivity index (χ0v) is 15.3. The maximum atomic E-state index is 12.9. The van der Waals surface area contributed by atoms with E-state index in [2.05, 4.69) is 14.1 Å². The number of anilines is 1. The predicted octanol–water partition coefficient (Wildman–Crippen LogP) is 4.98. The Morgan fingerprint density at radius 3 is 2.19 bits per heavy atom. The van der Waals surface area contributed by atoms with Crippen LogP contribution < -0.4 is 5.73 Å². The third-order valence-corrected chi connectivity index (χ3v) is 4.65. The summed E-state index contributed by atoms with van der Waals surface area (Å²) in [6.07, 6.45) is -8.56. The van der Waals surface area contributed by atoms with E-state index in [1.807, 2.05) is 0 Å². The van der Waals surface area contributed by atoms with Gasteiger partial charge < -0.3 is 10.6 Å². The van der Waals surface area contributed by atoms with Crippen molar-refractivity contribution in [1.29, 1.82) is 0 Å². The maximum absolute atomic E-state index is 12.9. The summed E-state index contributed by atoms with van der Waals surface area (Å²) in [5.41, 5.74) is 4.17. The summed E-state index contributed by atoms with van der Waals surface area (Å²) in [7, 11) is 0. The topological polar surface area (TPSA) is 74.5 Å². The summed E-state index contributed by atoms with van der Waals surface area (Å²) in [5.74, 6) is -1.30. The molecule has 0 aliphatic rings. The molecule has 6 nitrogen and oxygen atoms in total. The molecule has 1 aromatic heterocycles. The summed E-state index contributed by atoms with van der Waals surface area (Å²) in [4.78, 5) is 2.20. The zero-order valence-electron chi connectivity index (χ0n) is 12.9. The third-order valence-electron chi connectivity index (χ3n) is 2.91. The molecule has 0 aliphatic heterocycles. The smallest absolute Gasteiger partial charge is 0.382 e. The first kappa shape index (κ1) is 21.4. The van der Waals surface area contributed by atoms with E-state index in [1.54, 1.807) is 0 Å². The van der Waals surface area contributed by atoms with E-state index in [1.165, 1.54) is 0 Å². The molecule has 0 spiro atoms. The molecular weight excluding hydrogens is 442 g/mol. The van der Waals surface area contributed by atoms with Gasteiger partial charge in [0.25, 0.3) is 0 Å². The molecule has 2 aromatic rings. The lowest BCUT2D eigenvalue weighted by atomic mass is 10.2. The number of alkyl halides is 5. The monoisotopic (exact) mass is 448 g/mol. The first-order valence-electron chi connectivity index (χ1n) is 6.58. The number of nitrogens with zero attached hydrogens (tertiary/aromatic N) is 3. The molecule has 0 aliphatic carbocycles. The van der Waals surface area contributed by atoms with Crippen molar-refractivity contribution in [2.45, 2.75) is 24.1 Å². The molecular formula is C13H7Cl2F5N4O2S. The second-order valence-corrected chi connectivity index (χ2v) is 6.83. The van der Waals surface area contributed by atoms with Gasteiger partial charge in [0.1, 0.15) is 10.6 Å². The van der Waals surface area contributed by atoms with Gasteiger partial charge in [-0.05, 0) is 17.2 Å². The van der Waals surface area contributed by atoms with Crippen LogP contribution in [0.3, 0.4) is 0 Å². The summed E-state index contributed by atoms with van der Waals surface area (Å²) in [5, 5.41) is 2.55. The first-order chi connectivity index (χ1) is 12.3. The zero-order chi connectivity index (χ0) is 20.7. The van der Waals surface area contributed by atoms with E-state index in [4.69, 9.17) is 35.5 Å². The Hall–Kier alpha value is -1.94. The molecule has 27 heavy (non-hydrogen) atoms. The van der Waals surface area contributed by atoms with Gasteiger partial charge in [-0.3, -0.25) is 0 Å². The van der Waals surface area contributed by atoms with E-state index in [0.717, 1.165) is 0 Å². The highest BCUT2D eigenvalue weighted by atomic mass is 35.5. The predicted molar refractivity (Wildman–Crippen MR) is 87.4 cm³/mol. The second kappa shape index (κ2) is 7.23. The molecule has 0 saturated heterocycles. The minimum Gasteiger partial charge on any atom is -0.382 e. The van der Waals surface area contributed by atoms with Crippen LogP contribution in [0.15, 0.2) is 17.0 Å². The van der Waals surface area contributed by atoms with Crippen LogP contribution in [-0.4, -0.2) is 20.1 Å². The van der Waals surface area contributed by atoms with Crippen molar-refractivity contribution < 1.29 is 30.3 Å². The Balaban J connectivity index is 2.66. The highest BCUT2D eigenvalue weighted by Crippen LogP contribution is 2.40. The molecule has 146 valence electrons. The molecule has 2 rings (SSSR count). The van der Waals surface area contributed by atoms with Crippen LogP contribution in [0.1, 0.15) is 12.5 Å². The number of hydrogen-bond acceptors (Lipinski definition) is 4. The lowest BCUT2D eigenvalue weighted by Gasteiger charge is -2.12. The molecule has 1 aromatic carbocycles. The molecule has 14 heteroatoms. The Morgan fingerprint density at radius 2 is 1.78 bits per heavy atom. The van der Waals surface area contributed by atoms with E-state index in [9.17, 15) is 26.2 Å². The van der Waals surface area contributed by atoms with E-state index < -0.39 is 55.5 Å². The minimum atomic E-state index is -4.74. The van der Waals surface area contributed by atoms with Crippen molar-refractivity contribution in [3.8, 4) is 5.69 Å². The van der Waals surface area contributed by atoms with Crippen molar-refractivity contribution >= 4 is 45.9 Å². The fourth-order valence-electron chi connectivity index (χ4n) is 1.91. The fourth-order valence-corrected chi connectivity index (χ4v) is 3.40. The van der Waals surface area contributed by atoms with Crippen LogP contribution in [0.5, 0.6) is 0 Å². The van der Waals surface area contributed by atoms with Gasteiger partial charge in [0, 0.05) is 6.92 Å². The summed E-state index contributed by atoms with van der Waals surface area (Å²) in [6.45, 7) is 7.32. The molecule has 1 unspecified atom stereocenters. The standard InChI is InChI=1S/C13H7Cl2F5N4O2S/c1-12(16,17)26-27(25)9-10(21)24(23-11(9)22-2)8-6(14)3-5(4-7(8)15)13(18,19)20/h3-4H,21H2,1H3. The number of benzene rings is 1. The van der Waals surface area contributed by atoms with Crippen molar-refractivity contribution in [2.24, 2.45) is 0 Å². The van der Waals surface area contributed by atoms with Gasteiger partial charge in [0.15, 0.2) is 16.9 Å². The van der Waals surface area contributed by atoms with Gasteiger partial charge in [-0.1, -0.05) is 29.8 Å². The largest absolute Gasteiger partial charge is 0.416 e. The molecule has 0 fully saturated rings. The molecule has 0 amide bonds. The number of aromatic nitrogens is 2. The highest BCUT2D eigenvalue weighted by Gasteiger charge is 2.35. The molecule has 0 radical (unpaired) electrons. The van der Waals surface area contributed by atoms with Crippen molar-refractivity contribution in [2.75, 3.05) is 5.73 Å². The normalized spacial score (nSPS) is 13.4. The van der Waals surface area contributed by atoms with E-state index in [-0.39, 0.29) is 5.69 Å². The quantitative estimate of drug-likeness (QED) is 0.528. The Labute approximate surface area is 161 Å². The minimum absolute atomic E-state index is 0.312. The highest BCUT2D eigenvalue weighted by molar-refractivity contribution is 7.80. The summed E-state index contributed by atoms with van der Waals surface area (Å²) >= 11 is 8.77. The number of rotatable bonds is 4. The Bertz CT molecular complexity index is 942. The van der Waals surface area contributed by atoms with Crippen LogP contribution >= 0.6 is 23.2 Å². The first-order valence-corrected chi connectivity index (χ1v) is 8.41. The number of nitrogens with two attached hydrogens (primary N) is 1. The van der Waals surface area contributed by atoms with Crippen LogP contribution in [-0.2, 0) is 21.4 Å². The second-order valence-electron chi connectivity index (χ2n) is 4.97. The van der Waals surface area contributed by atoms with Gasteiger partial charge in [-0.15, -0.1) is 4.68 Å². The lowest BCUT2D eigenvalue weighted by molar-refractivity contribution is -0.151. The number of nitrogen functional groups attached to an aromatic ring is 1. The third kappa shape index (κ3) is 4.49. The Morgan fingerprint density at radius 1 is 1.26 bits per heavy atom. The van der Waals surface area contributed by atoms with Gasteiger partial charge in [-0.2, -0.15) is 22.0 Å². The Kier molecular flexibility index (Phi) is 5.72. The molecule has 0 bridgehead atoms. The molecule has 1 atom stereocenters. The van der Waals surface area contributed by atoms with Crippen LogP contribution in [0.2, 0.25) is 10.0 Å². The maximum Gasteiger partial charge on any atom is 0.416 e. The van der Waals surface area contributed by atoms with Crippen LogP contribution in [0.4, 0.5) is 33.6 Å². The summed E-state index contributed by atoms with van der Waals surface area (Å²) in [6, 6.07) is 1.07. The lowest BCUT2D eigenvalue weighted by Crippen LogP contribution is -2.17. The molecule has 2 N–H and O–H groups in total. The average molecular weight is 449 g/mol. The van der Waals surface area contributed by atoms with Gasteiger partial charge >= 0.3 is 18.1 Å². The SMILES string of the molecule is [C-]#[N+]c1nn(-c2c(Cl)cc(C(F)(F)F)cc2Cl)c(N)c1S(=O)OC(C)(F)F. The average Bonchev–Trinajstić information content (AvgIpc) is 2.80. The summed E-state index contributed by atoms with van der Waals surface area (Å²) < 4.78 is 80.9. The van der Waals surface area contributed by atoms with Crippen LogP contribution in [0.25, 0.3) is 10.5 Å². The van der Waals surface area contributed by atoms with Crippen LogP contribution in [0, 0.1) is 6.57 Å². The number of halogens is 7. The molecule has 0 saturated carbocycles. The van der Waals surface area contributed by atoms with Gasteiger partial charge in [0.05, 0.1) is 15.6 Å². The van der Waals surface area contributed by atoms with Gasteiger partial charge in [-0.25, -0.2) is 8.39 Å². The van der Waals surface area contributed by atoms with Gasteiger partial charge in [0.2, 0.25) is 0 Å². The van der Waals surface area contributed by atoms with E-state index in [0.29, 0.717) is 23.7 Å². The molecule has 1 heterocycles. The van der Waals surface area contributed by atoms with Crippen molar-refractivity contribution in [3.63, 3.8) is 0 Å². The fraction of sp³-hybridized carbons (Fsp3) is 0.231. The number of hydrogen-bond donors (Lipinski definition) is 1. The van der Waals surface area contributed by atoms with E-state index >= 15 is 0 Å². The van der Waals surface area contributed by atoms with Crippen molar-refractivity contribution in [3.05, 3.63) is 39.2 Å².